The number of benzene rings is 3. The summed E-state index contributed by atoms with van der Waals surface area (Å²) < 4.78 is 35.8. The summed E-state index contributed by atoms with van der Waals surface area (Å²) in [5.41, 5.74) is 2.51. The molecule has 2 saturated heterocycles. The van der Waals surface area contributed by atoms with Crippen LogP contribution >= 0.6 is 0 Å². The second-order valence-corrected chi connectivity index (χ2v) is 10.8. The van der Waals surface area contributed by atoms with Crippen LogP contribution in [0, 0.1) is 0 Å². The van der Waals surface area contributed by atoms with Crippen LogP contribution in [0.25, 0.3) is 0 Å². The Morgan fingerprint density at radius 1 is 0.477 bits per heavy atom. The van der Waals surface area contributed by atoms with Gasteiger partial charge in [-0.05, 0) is 16.7 Å². The summed E-state index contributed by atoms with van der Waals surface area (Å²) in [6.45, 7) is -0.679. The molecule has 2 aliphatic rings. The van der Waals surface area contributed by atoms with Crippen molar-refractivity contribution in [1.82, 2.24) is 0 Å². The Balaban J connectivity index is 1.32. The third-order valence-electron chi connectivity index (χ3n) is 7.73. The first kappa shape index (κ1) is 32.6. The van der Waals surface area contributed by atoms with Crippen LogP contribution in [-0.4, -0.2) is 100 Å². The molecule has 0 spiro atoms. The molecule has 5 rings (SSSR count). The van der Waals surface area contributed by atoms with Crippen LogP contribution in [0.3, 0.4) is 0 Å². The molecule has 238 valence electrons. The summed E-state index contributed by atoms with van der Waals surface area (Å²) >= 11 is 0. The van der Waals surface area contributed by atoms with Crippen LogP contribution < -0.4 is 0 Å². The van der Waals surface area contributed by atoms with Crippen LogP contribution in [0.15, 0.2) is 91.0 Å². The first-order valence-corrected chi connectivity index (χ1v) is 14.7. The SMILES string of the molecule is OCC1O[C@@H](O[C@@H]2C(O)[C@H](OCc3ccccc3)OC(CO)[C@H]2OCc2ccccc2)C(O)[C@@H](O)[C@@H]1OCc1ccccc1. The van der Waals surface area contributed by atoms with Gasteiger partial charge in [-0.3, -0.25) is 0 Å². The van der Waals surface area contributed by atoms with E-state index < -0.39 is 74.6 Å². The van der Waals surface area contributed by atoms with Crippen molar-refractivity contribution in [2.75, 3.05) is 13.2 Å². The number of rotatable bonds is 13. The zero-order chi connectivity index (χ0) is 30.9. The molecular formula is C33H40O11. The van der Waals surface area contributed by atoms with Crippen molar-refractivity contribution in [1.29, 1.82) is 0 Å². The molecule has 11 heteroatoms. The van der Waals surface area contributed by atoms with Crippen LogP contribution in [0.1, 0.15) is 16.7 Å². The lowest BCUT2D eigenvalue weighted by molar-refractivity contribution is -0.367. The minimum Gasteiger partial charge on any atom is -0.394 e. The van der Waals surface area contributed by atoms with Crippen LogP contribution in [0.2, 0.25) is 0 Å². The second-order valence-electron chi connectivity index (χ2n) is 10.8. The van der Waals surface area contributed by atoms with E-state index in [1.807, 2.05) is 91.0 Å². The Bertz CT molecular complexity index is 1230. The van der Waals surface area contributed by atoms with Gasteiger partial charge in [0.05, 0.1) is 33.0 Å². The summed E-state index contributed by atoms with van der Waals surface area (Å²) in [7, 11) is 0. The van der Waals surface area contributed by atoms with E-state index >= 15 is 0 Å². The highest BCUT2D eigenvalue weighted by atomic mass is 16.7. The Kier molecular flexibility index (Phi) is 11.8. The van der Waals surface area contributed by atoms with E-state index in [1.54, 1.807) is 0 Å². The van der Waals surface area contributed by atoms with Crippen molar-refractivity contribution in [3.05, 3.63) is 108 Å². The Morgan fingerprint density at radius 3 is 1.41 bits per heavy atom. The van der Waals surface area contributed by atoms with Crippen LogP contribution in [-0.2, 0) is 48.2 Å². The van der Waals surface area contributed by atoms with Crippen molar-refractivity contribution >= 4 is 0 Å². The van der Waals surface area contributed by atoms with E-state index in [0.717, 1.165) is 16.7 Å². The van der Waals surface area contributed by atoms with Crippen molar-refractivity contribution in [3.8, 4) is 0 Å². The molecule has 0 bridgehead atoms. The maximum Gasteiger partial charge on any atom is 0.187 e. The molecule has 4 unspecified atom stereocenters. The smallest absolute Gasteiger partial charge is 0.187 e. The number of ether oxygens (including phenoxy) is 6. The van der Waals surface area contributed by atoms with Gasteiger partial charge in [0.2, 0.25) is 0 Å². The summed E-state index contributed by atoms with van der Waals surface area (Å²) in [6.07, 6.45) is -12.6. The van der Waals surface area contributed by atoms with Crippen molar-refractivity contribution in [3.63, 3.8) is 0 Å². The van der Waals surface area contributed by atoms with E-state index in [1.165, 1.54) is 0 Å². The number of aliphatic hydroxyl groups is 5. The quantitative estimate of drug-likeness (QED) is 0.190. The Hall–Kier alpha value is -2.78. The molecule has 10 atom stereocenters. The predicted octanol–water partition coefficient (Wildman–Crippen LogP) is 1.28. The Morgan fingerprint density at radius 2 is 0.909 bits per heavy atom. The van der Waals surface area contributed by atoms with Crippen molar-refractivity contribution in [2.24, 2.45) is 0 Å². The largest absolute Gasteiger partial charge is 0.394 e. The predicted molar refractivity (Wildman–Crippen MR) is 156 cm³/mol. The van der Waals surface area contributed by atoms with Gasteiger partial charge in [0.1, 0.15) is 48.8 Å². The van der Waals surface area contributed by atoms with Gasteiger partial charge in [0, 0.05) is 0 Å². The molecule has 3 aromatic carbocycles. The monoisotopic (exact) mass is 612 g/mol. The van der Waals surface area contributed by atoms with Gasteiger partial charge in [-0.1, -0.05) is 91.0 Å². The maximum absolute atomic E-state index is 11.4. The molecule has 0 aromatic heterocycles. The van der Waals surface area contributed by atoms with E-state index in [4.69, 9.17) is 28.4 Å². The van der Waals surface area contributed by atoms with E-state index in [2.05, 4.69) is 0 Å². The topological polar surface area (TPSA) is 157 Å². The van der Waals surface area contributed by atoms with Crippen LogP contribution in [0.4, 0.5) is 0 Å². The highest BCUT2D eigenvalue weighted by molar-refractivity contribution is 5.15. The van der Waals surface area contributed by atoms with Gasteiger partial charge < -0.3 is 54.0 Å². The highest BCUT2D eigenvalue weighted by Gasteiger charge is 2.52. The van der Waals surface area contributed by atoms with E-state index in [0.29, 0.717) is 0 Å². The summed E-state index contributed by atoms with van der Waals surface area (Å²) in [6, 6.07) is 27.9. The maximum atomic E-state index is 11.4. The first-order chi connectivity index (χ1) is 21.5. The molecule has 0 radical (unpaired) electrons. The molecule has 2 heterocycles. The van der Waals surface area contributed by atoms with Gasteiger partial charge in [-0.15, -0.1) is 0 Å². The number of hydrogen-bond donors (Lipinski definition) is 5. The van der Waals surface area contributed by atoms with Gasteiger partial charge in [-0.2, -0.15) is 0 Å². The van der Waals surface area contributed by atoms with E-state index in [-0.39, 0.29) is 19.8 Å². The second kappa shape index (κ2) is 16.0. The molecule has 3 aromatic rings. The van der Waals surface area contributed by atoms with Gasteiger partial charge in [-0.25, -0.2) is 0 Å². The minimum atomic E-state index is -1.61. The number of aliphatic hydroxyl groups excluding tert-OH is 5. The molecular weight excluding hydrogens is 572 g/mol. The molecule has 5 N–H and O–H groups in total. The Labute approximate surface area is 256 Å². The third kappa shape index (κ3) is 8.08. The molecule has 0 amide bonds. The lowest BCUT2D eigenvalue weighted by atomic mass is 9.96. The molecule has 44 heavy (non-hydrogen) atoms. The summed E-state index contributed by atoms with van der Waals surface area (Å²) in [4.78, 5) is 0. The third-order valence-corrected chi connectivity index (χ3v) is 7.73. The minimum absolute atomic E-state index is 0.108. The fourth-order valence-electron chi connectivity index (χ4n) is 5.35. The number of hydrogen-bond acceptors (Lipinski definition) is 11. The molecule has 0 aliphatic carbocycles. The molecule has 11 nitrogen and oxygen atoms in total. The van der Waals surface area contributed by atoms with Crippen molar-refractivity contribution in [2.45, 2.75) is 81.2 Å². The summed E-state index contributed by atoms with van der Waals surface area (Å²) in [5, 5.41) is 53.9. The van der Waals surface area contributed by atoms with Crippen molar-refractivity contribution < 1.29 is 54.0 Å². The molecule has 2 aliphatic heterocycles. The molecule has 2 fully saturated rings. The van der Waals surface area contributed by atoms with Crippen LogP contribution in [0.5, 0.6) is 0 Å². The highest BCUT2D eigenvalue weighted by Crippen LogP contribution is 2.32. The lowest BCUT2D eigenvalue weighted by Crippen LogP contribution is -2.65. The van der Waals surface area contributed by atoms with Gasteiger partial charge >= 0.3 is 0 Å². The first-order valence-electron chi connectivity index (χ1n) is 14.7. The fraction of sp³-hybridized carbons (Fsp3) is 0.455. The standard InChI is InChI=1S/C33H40O11/c34-16-24-29(39-18-21-10-4-1-5-11-21)26(36)27(37)33(43-24)44-31-28(38)32(41-20-23-14-8-3-9-15-23)42-25(17-35)30(31)40-19-22-12-6-2-7-13-22/h1-15,24-38H,16-20H2/t24?,25?,26-,27?,28?,29-,30-,31-,32-,33+/m1/s1. The van der Waals surface area contributed by atoms with Gasteiger partial charge in [0.15, 0.2) is 12.6 Å². The normalized spacial score (nSPS) is 32.4. The average Bonchev–Trinajstić information content (AvgIpc) is 3.07. The zero-order valence-corrected chi connectivity index (χ0v) is 24.2. The fourth-order valence-corrected chi connectivity index (χ4v) is 5.35. The lowest BCUT2D eigenvalue weighted by Gasteiger charge is -2.47. The summed E-state index contributed by atoms with van der Waals surface area (Å²) in [5.74, 6) is 0. The van der Waals surface area contributed by atoms with E-state index in [9.17, 15) is 25.5 Å². The van der Waals surface area contributed by atoms with Gasteiger partial charge in [0.25, 0.3) is 0 Å². The average molecular weight is 613 g/mol. The zero-order valence-electron chi connectivity index (χ0n) is 24.2. The molecule has 0 saturated carbocycles.